The minimum atomic E-state index is -4.57. The second kappa shape index (κ2) is 9.97. The Bertz CT molecular complexity index is 1140. The quantitative estimate of drug-likeness (QED) is 0.378. The number of halogens is 4. The van der Waals surface area contributed by atoms with Crippen LogP contribution in [-0.4, -0.2) is 34.2 Å². The number of benzene rings is 2. The van der Waals surface area contributed by atoms with Crippen molar-refractivity contribution in [2.24, 2.45) is 0 Å². The van der Waals surface area contributed by atoms with Crippen LogP contribution in [0.15, 0.2) is 66.0 Å². The van der Waals surface area contributed by atoms with Gasteiger partial charge in [-0.1, -0.05) is 24.3 Å². The van der Waals surface area contributed by atoms with Crippen molar-refractivity contribution in [3.05, 3.63) is 93.4 Å². The summed E-state index contributed by atoms with van der Waals surface area (Å²) in [5.74, 6) is -1.31. The molecule has 1 heterocycles. The number of carbonyl (C=O) groups is 2. The van der Waals surface area contributed by atoms with Gasteiger partial charge in [-0.2, -0.15) is 13.2 Å². The van der Waals surface area contributed by atoms with Crippen LogP contribution in [0.3, 0.4) is 0 Å². The molecule has 0 unspecified atom stereocenters. The maximum absolute atomic E-state index is 13.3. The number of hydrogen-bond acceptors (Lipinski definition) is 3. The third-order valence-electron chi connectivity index (χ3n) is 5.56. The van der Waals surface area contributed by atoms with E-state index in [4.69, 9.17) is 0 Å². The van der Waals surface area contributed by atoms with Crippen molar-refractivity contribution in [1.82, 2.24) is 9.80 Å². The van der Waals surface area contributed by atoms with E-state index in [9.17, 15) is 27.2 Å². The highest BCUT2D eigenvalue weighted by molar-refractivity contribution is 7.09. The van der Waals surface area contributed by atoms with E-state index in [-0.39, 0.29) is 36.4 Å². The maximum Gasteiger partial charge on any atom is 0.416 e. The van der Waals surface area contributed by atoms with Gasteiger partial charge in [-0.05, 0) is 60.2 Å². The van der Waals surface area contributed by atoms with Crippen LogP contribution < -0.4 is 0 Å². The van der Waals surface area contributed by atoms with Gasteiger partial charge < -0.3 is 9.80 Å². The Hall–Kier alpha value is -3.20. The normalized spacial score (nSPS) is 13.5. The second-order valence-corrected chi connectivity index (χ2v) is 9.23. The molecule has 0 radical (unpaired) electrons. The van der Waals surface area contributed by atoms with Gasteiger partial charge in [0.1, 0.15) is 12.4 Å². The Morgan fingerprint density at radius 1 is 0.971 bits per heavy atom. The van der Waals surface area contributed by atoms with Gasteiger partial charge in [0.2, 0.25) is 5.91 Å². The second-order valence-electron chi connectivity index (χ2n) is 8.20. The van der Waals surface area contributed by atoms with Crippen molar-refractivity contribution in [3.8, 4) is 0 Å². The largest absolute Gasteiger partial charge is 0.416 e. The van der Waals surface area contributed by atoms with E-state index < -0.39 is 17.6 Å². The van der Waals surface area contributed by atoms with Crippen LogP contribution in [0, 0.1) is 5.82 Å². The van der Waals surface area contributed by atoms with Crippen molar-refractivity contribution in [3.63, 3.8) is 0 Å². The molecule has 1 aliphatic rings. The lowest BCUT2D eigenvalue weighted by Crippen LogP contribution is -2.43. The van der Waals surface area contributed by atoms with Crippen LogP contribution in [0.25, 0.3) is 0 Å². The molecule has 3 aromatic rings. The Labute approximate surface area is 198 Å². The highest BCUT2D eigenvalue weighted by Crippen LogP contribution is 2.32. The van der Waals surface area contributed by atoms with Crippen molar-refractivity contribution >= 4 is 23.2 Å². The zero-order valence-corrected chi connectivity index (χ0v) is 18.9. The zero-order valence-electron chi connectivity index (χ0n) is 18.1. The molecule has 2 aromatic carbocycles. The van der Waals surface area contributed by atoms with Crippen molar-refractivity contribution in [2.75, 3.05) is 6.54 Å². The highest BCUT2D eigenvalue weighted by Gasteiger charge is 2.37. The molecule has 1 fully saturated rings. The Morgan fingerprint density at radius 2 is 1.71 bits per heavy atom. The summed E-state index contributed by atoms with van der Waals surface area (Å²) in [4.78, 5) is 30.3. The van der Waals surface area contributed by atoms with E-state index in [2.05, 4.69) is 0 Å². The molecular weight excluding hydrogens is 468 g/mol. The lowest BCUT2D eigenvalue weighted by molar-refractivity contribution is -0.137. The number of hydrogen-bond donors (Lipinski definition) is 0. The van der Waals surface area contributed by atoms with Gasteiger partial charge in [-0.3, -0.25) is 9.59 Å². The van der Waals surface area contributed by atoms with Gasteiger partial charge >= 0.3 is 6.18 Å². The van der Waals surface area contributed by atoms with Crippen molar-refractivity contribution in [2.45, 2.75) is 38.1 Å². The van der Waals surface area contributed by atoms with Gasteiger partial charge in [0, 0.05) is 23.0 Å². The summed E-state index contributed by atoms with van der Waals surface area (Å²) in [7, 11) is 0. The lowest BCUT2D eigenvalue weighted by Gasteiger charge is -2.28. The fraction of sp³-hybridized carbons (Fsp3) is 0.280. The topological polar surface area (TPSA) is 40.6 Å². The van der Waals surface area contributed by atoms with Gasteiger partial charge in [-0.25, -0.2) is 4.39 Å². The molecule has 4 rings (SSSR count). The molecule has 0 aliphatic heterocycles. The lowest BCUT2D eigenvalue weighted by atomic mass is 10.1. The number of carbonyl (C=O) groups excluding carboxylic acids is 2. The van der Waals surface area contributed by atoms with Crippen molar-refractivity contribution < 1.29 is 27.2 Å². The SMILES string of the molecule is O=C(CN(C(=O)c1cccc(C(F)(F)F)c1)C1CC1)N(Cc1ccc(F)cc1)Cc1cccs1. The summed E-state index contributed by atoms with van der Waals surface area (Å²) in [6.45, 7) is 0.281. The number of nitrogens with zero attached hydrogens (tertiary/aromatic N) is 2. The van der Waals surface area contributed by atoms with Crippen LogP contribution in [-0.2, 0) is 24.1 Å². The van der Waals surface area contributed by atoms with Gasteiger partial charge in [-0.15, -0.1) is 11.3 Å². The first-order chi connectivity index (χ1) is 16.2. The van der Waals surface area contributed by atoms with Crippen LogP contribution in [0.5, 0.6) is 0 Å². The number of rotatable bonds is 8. The average Bonchev–Trinajstić information content (AvgIpc) is 3.52. The van der Waals surface area contributed by atoms with Gasteiger partial charge in [0.05, 0.1) is 12.1 Å². The Kier molecular flexibility index (Phi) is 7.02. The van der Waals surface area contributed by atoms with Crippen LogP contribution in [0.2, 0.25) is 0 Å². The summed E-state index contributed by atoms with van der Waals surface area (Å²) >= 11 is 1.49. The summed E-state index contributed by atoms with van der Waals surface area (Å²) in [5, 5.41) is 1.89. The molecule has 2 amide bonds. The number of amides is 2. The summed E-state index contributed by atoms with van der Waals surface area (Å²) in [5.41, 5.74) is -0.276. The standard InChI is InChI=1S/C25H22F4N2O2S/c26-20-8-6-17(7-9-20)14-30(15-22-5-2-12-34-22)23(32)16-31(21-10-11-21)24(33)18-3-1-4-19(13-18)25(27,28)29/h1-9,12-13,21H,10-11,14-16H2. The van der Waals surface area contributed by atoms with E-state index in [1.54, 1.807) is 17.0 Å². The fourth-order valence-electron chi connectivity index (χ4n) is 3.63. The first-order valence-corrected chi connectivity index (χ1v) is 11.6. The highest BCUT2D eigenvalue weighted by atomic mass is 32.1. The monoisotopic (exact) mass is 490 g/mol. The molecule has 0 saturated heterocycles. The van der Waals surface area contributed by atoms with Crippen molar-refractivity contribution in [1.29, 1.82) is 0 Å². The smallest absolute Gasteiger partial charge is 0.332 e. The van der Waals surface area contributed by atoms with Gasteiger partial charge in [0.25, 0.3) is 5.91 Å². The predicted octanol–water partition coefficient (Wildman–Crippen LogP) is 5.74. The minimum Gasteiger partial charge on any atom is -0.332 e. The first kappa shape index (κ1) is 23.9. The molecular formula is C25H22F4N2O2S. The molecule has 0 N–H and O–H groups in total. The molecule has 1 aromatic heterocycles. The molecule has 1 aliphatic carbocycles. The van der Waals surface area contributed by atoms with Gasteiger partial charge in [0.15, 0.2) is 0 Å². The Morgan fingerprint density at radius 3 is 2.32 bits per heavy atom. The van der Waals surface area contributed by atoms with E-state index in [1.807, 2.05) is 17.5 Å². The molecule has 0 bridgehead atoms. The average molecular weight is 491 g/mol. The van der Waals surface area contributed by atoms with E-state index in [0.717, 1.165) is 22.6 Å². The Balaban J connectivity index is 1.54. The third kappa shape index (κ3) is 6.02. The molecule has 178 valence electrons. The van der Waals surface area contributed by atoms with E-state index >= 15 is 0 Å². The number of thiophene rings is 1. The first-order valence-electron chi connectivity index (χ1n) is 10.7. The summed E-state index contributed by atoms with van der Waals surface area (Å²) in [6.07, 6.45) is -3.18. The predicted molar refractivity (Wildman–Crippen MR) is 120 cm³/mol. The fourth-order valence-corrected chi connectivity index (χ4v) is 4.35. The van der Waals surface area contributed by atoms with Crippen LogP contribution in [0.4, 0.5) is 17.6 Å². The van der Waals surface area contributed by atoms with E-state index in [0.29, 0.717) is 19.4 Å². The van der Waals surface area contributed by atoms with E-state index in [1.165, 1.54) is 40.5 Å². The number of alkyl halides is 3. The molecule has 0 spiro atoms. The maximum atomic E-state index is 13.3. The third-order valence-corrected chi connectivity index (χ3v) is 6.42. The molecule has 9 heteroatoms. The van der Waals surface area contributed by atoms with Crippen LogP contribution in [0.1, 0.15) is 39.2 Å². The molecule has 1 saturated carbocycles. The van der Waals surface area contributed by atoms with Crippen LogP contribution >= 0.6 is 11.3 Å². The summed E-state index contributed by atoms with van der Waals surface area (Å²) in [6, 6.07) is 13.7. The zero-order chi connectivity index (χ0) is 24.3. The molecule has 34 heavy (non-hydrogen) atoms. The summed E-state index contributed by atoms with van der Waals surface area (Å²) < 4.78 is 52.7. The minimum absolute atomic E-state index is 0.0992. The molecule has 0 atom stereocenters. The molecule has 4 nitrogen and oxygen atoms in total.